The number of ether oxygens (including phenoxy) is 1. The highest BCUT2D eigenvalue weighted by atomic mass is 19.1. The van der Waals surface area contributed by atoms with Crippen LogP contribution < -0.4 is 5.32 Å². The van der Waals surface area contributed by atoms with Crippen LogP contribution in [0.1, 0.15) is 48.3 Å². The molecule has 0 radical (unpaired) electrons. The Balaban J connectivity index is 1.80. The Morgan fingerprint density at radius 3 is 2.47 bits per heavy atom. The Labute approximate surface area is 175 Å². The summed E-state index contributed by atoms with van der Waals surface area (Å²) in [5.74, 6) is -1.23. The fourth-order valence-corrected chi connectivity index (χ4v) is 4.57. The van der Waals surface area contributed by atoms with Gasteiger partial charge in [0.1, 0.15) is 5.82 Å². The Kier molecular flexibility index (Phi) is 5.29. The van der Waals surface area contributed by atoms with Gasteiger partial charge in [-0.15, -0.1) is 0 Å². The predicted octanol–water partition coefficient (Wildman–Crippen LogP) is 4.67. The van der Waals surface area contributed by atoms with Gasteiger partial charge in [-0.1, -0.05) is 42.0 Å². The largest absolute Gasteiger partial charge is 0.466 e. The maximum Gasteiger partial charge on any atom is 0.336 e. The van der Waals surface area contributed by atoms with Crippen LogP contribution in [0, 0.1) is 12.7 Å². The van der Waals surface area contributed by atoms with Gasteiger partial charge in [0.2, 0.25) is 0 Å². The molecule has 2 atom stereocenters. The first-order valence-electron chi connectivity index (χ1n) is 10.0. The molecule has 154 valence electrons. The lowest BCUT2D eigenvalue weighted by Crippen LogP contribution is -2.36. The van der Waals surface area contributed by atoms with E-state index >= 15 is 0 Å². The minimum absolute atomic E-state index is 0.00140. The number of nitrogens with one attached hydrogen (secondary N) is 1. The standard InChI is InChI=1S/C25H24FNO3/c1-14-5-4-6-17(11-14)23-22(25(29)30-3)15(2)27-20-12-18(13-21(28)24(20)23)16-7-9-19(26)10-8-16/h4-11,18,23,27H,12-13H2,1-3H3/t18-,23+/m0/s1. The first kappa shape index (κ1) is 20.1. The summed E-state index contributed by atoms with van der Waals surface area (Å²) in [6.45, 7) is 3.83. The molecule has 0 spiro atoms. The molecular weight excluding hydrogens is 381 g/mol. The molecule has 2 aromatic rings. The molecule has 2 aromatic carbocycles. The fourth-order valence-electron chi connectivity index (χ4n) is 4.57. The summed E-state index contributed by atoms with van der Waals surface area (Å²) in [5.41, 5.74) is 5.52. The van der Waals surface area contributed by atoms with Crippen molar-refractivity contribution in [1.29, 1.82) is 0 Å². The third-order valence-corrected chi connectivity index (χ3v) is 5.95. The summed E-state index contributed by atoms with van der Waals surface area (Å²) < 4.78 is 18.4. The van der Waals surface area contributed by atoms with Gasteiger partial charge in [0, 0.05) is 29.3 Å². The lowest BCUT2D eigenvalue weighted by atomic mass is 9.71. The van der Waals surface area contributed by atoms with Gasteiger partial charge in [-0.3, -0.25) is 4.79 Å². The van der Waals surface area contributed by atoms with Crippen LogP contribution in [-0.2, 0) is 14.3 Å². The highest BCUT2D eigenvalue weighted by molar-refractivity contribution is 6.04. The smallest absolute Gasteiger partial charge is 0.336 e. The van der Waals surface area contributed by atoms with Gasteiger partial charge in [-0.25, -0.2) is 9.18 Å². The molecule has 30 heavy (non-hydrogen) atoms. The highest BCUT2D eigenvalue weighted by Crippen LogP contribution is 2.45. The van der Waals surface area contributed by atoms with Crippen LogP contribution in [0.4, 0.5) is 4.39 Å². The molecule has 1 heterocycles. The molecule has 0 unspecified atom stereocenters. The zero-order chi connectivity index (χ0) is 21.4. The number of hydrogen-bond acceptors (Lipinski definition) is 4. The molecule has 5 heteroatoms. The van der Waals surface area contributed by atoms with Crippen molar-refractivity contribution in [3.8, 4) is 0 Å². The topological polar surface area (TPSA) is 55.4 Å². The lowest BCUT2D eigenvalue weighted by Gasteiger charge is -2.36. The number of carbonyl (C=O) groups excluding carboxylic acids is 2. The third-order valence-electron chi connectivity index (χ3n) is 5.95. The Morgan fingerprint density at radius 2 is 1.80 bits per heavy atom. The predicted molar refractivity (Wildman–Crippen MR) is 112 cm³/mol. The second kappa shape index (κ2) is 7.90. The third kappa shape index (κ3) is 3.56. The van der Waals surface area contributed by atoms with Crippen LogP contribution in [0.5, 0.6) is 0 Å². The number of methoxy groups -OCH3 is 1. The molecule has 4 rings (SSSR count). The molecule has 2 aliphatic rings. The number of ketones is 1. The van der Waals surface area contributed by atoms with Crippen LogP contribution in [-0.4, -0.2) is 18.9 Å². The van der Waals surface area contributed by atoms with Crippen LogP contribution in [0.3, 0.4) is 0 Å². The summed E-state index contributed by atoms with van der Waals surface area (Å²) in [6.07, 6.45) is 0.947. The average molecular weight is 405 g/mol. The van der Waals surface area contributed by atoms with E-state index in [0.717, 1.165) is 22.4 Å². The molecule has 0 bridgehead atoms. The van der Waals surface area contributed by atoms with Crippen molar-refractivity contribution in [3.05, 3.63) is 93.6 Å². The number of allylic oxidation sites excluding steroid dienone is 3. The summed E-state index contributed by atoms with van der Waals surface area (Å²) in [5, 5.41) is 3.30. The van der Waals surface area contributed by atoms with Crippen molar-refractivity contribution in [2.45, 2.75) is 38.5 Å². The molecule has 0 saturated carbocycles. The van der Waals surface area contributed by atoms with Crippen molar-refractivity contribution < 1.29 is 18.7 Å². The summed E-state index contributed by atoms with van der Waals surface area (Å²) in [4.78, 5) is 26.0. The minimum atomic E-state index is -0.463. The van der Waals surface area contributed by atoms with Gasteiger partial charge in [-0.05, 0) is 49.4 Å². The summed E-state index contributed by atoms with van der Waals surface area (Å²) in [7, 11) is 1.35. The average Bonchev–Trinajstić information content (AvgIpc) is 2.72. The van der Waals surface area contributed by atoms with E-state index in [9.17, 15) is 14.0 Å². The normalized spacial score (nSPS) is 21.3. The second-order valence-electron chi connectivity index (χ2n) is 7.97. The Bertz CT molecular complexity index is 1080. The molecule has 4 nitrogen and oxygen atoms in total. The first-order chi connectivity index (χ1) is 14.4. The zero-order valence-electron chi connectivity index (χ0n) is 17.3. The number of benzene rings is 2. The molecular formula is C25H24FNO3. The van der Waals surface area contributed by atoms with E-state index in [1.165, 1.54) is 19.2 Å². The number of halogens is 1. The maximum absolute atomic E-state index is 13.4. The molecule has 0 saturated heterocycles. The van der Waals surface area contributed by atoms with Crippen molar-refractivity contribution >= 4 is 11.8 Å². The fraction of sp³-hybridized carbons (Fsp3) is 0.280. The van der Waals surface area contributed by atoms with Gasteiger partial charge in [0.05, 0.1) is 12.7 Å². The van der Waals surface area contributed by atoms with E-state index in [2.05, 4.69) is 5.32 Å². The lowest BCUT2D eigenvalue weighted by molar-refractivity contribution is -0.136. The number of carbonyl (C=O) groups is 2. The number of esters is 1. The van der Waals surface area contributed by atoms with Gasteiger partial charge in [-0.2, -0.15) is 0 Å². The van der Waals surface area contributed by atoms with E-state index in [0.29, 0.717) is 29.7 Å². The SMILES string of the molecule is COC(=O)C1=C(C)NC2=C(C(=O)C[C@@H](c3ccc(F)cc3)C2)[C@@H]1c1cccc(C)c1. The highest BCUT2D eigenvalue weighted by Gasteiger charge is 2.41. The number of aryl methyl sites for hydroxylation is 1. The Hall–Kier alpha value is -3.21. The van der Waals surface area contributed by atoms with Gasteiger partial charge in [0.25, 0.3) is 0 Å². The van der Waals surface area contributed by atoms with Crippen molar-refractivity contribution in [3.63, 3.8) is 0 Å². The quantitative estimate of drug-likeness (QED) is 0.754. The van der Waals surface area contributed by atoms with Crippen molar-refractivity contribution in [2.75, 3.05) is 7.11 Å². The summed E-state index contributed by atoms with van der Waals surface area (Å²) >= 11 is 0. The molecule has 1 aliphatic heterocycles. The van der Waals surface area contributed by atoms with Gasteiger partial charge >= 0.3 is 5.97 Å². The summed E-state index contributed by atoms with van der Waals surface area (Å²) in [6, 6.07) is 14.2. The van der Waals surface area contributed by atoms with Gasteiger partial charge < -0.3 is 10.1 Å². The number of Topliss-reactive ketones (excluding diaryl/α,β-unsaturated/α-hetero) is 1. The van der Waals surface area contributed by atoms with Crippen molar-refractivity contribution in [1.82, 2.24) is 5.32 Å². The van der Waals surface area contributed by atoms with E-state index in [1.54, 1.807) is 12.1 Å². The zero-order valence-corrected chi connectivity index (χ0v) is 17.3. The van der Waals surface area contributed by atoms with E-state index in [-0.39, 0.29) is 17.5 Å². The first-order valence-corrected chi connectivity index (χ1v) is 10.0. The minimum Gasteiger partial charge on any atom is -0.466 e. The van der Waals surface area contributed by atoms with E-state index < -0.39 is 11.9 Å². The molecule has 1 N–H and O–H groups in total. The van der Waals surface area contributed by atoms with Crippen molar-refractivity contribution in [2.24, 2.45) is 0 Å². The van der Waals surface area contributed by atoms with Crippen LogP contribution >= 0.6 is 0 Å². The number of hydrogen-bond donors (Lipinski definition) is 1. The monoisotopic (exact) mass is 405 g/mol. The molecule has 0 aromatic heterocycles. The van der Waals surface area contributed by atoms with E-state index in [4.69, 9.17) is 4.74 Å². The number of dihydropyridines is 1. The van der Waals surface area contributed by atoms with Crippen LogP contribution in [0.25, 0.3) is 0 Å². The molecule has 0 fully saturated rings. The van der Waals surface area contributed by atoms with E-state index in [1.807, 2.05) is 38.1 Å². The van der Waals surface area contributed by atoms with Gasteiger partial charge in [0.15, 0.2) is 5.78 Å². The number of rotatable bonds is 3. The van der Waals surface area contributed by atoms with Crippen LogP contribution in [0.15, 0.2) is 71.1 Å². The van der Waals surface area contributed by atoms with Crippen LogP contribution in [0.2, 0.25) is 0 Å². The molecule has 0 amide bonds. The Morgan fingerprint density at radius 1 is 1.07 bits per heavy atom. The second-order valence-corrected chi connectivity index (χ2v) is 7.97. The molecule has 1 aliphatic carbocycles. The maximum atomic E-state index is 13.4.